The van der Waals surface area contributed by atoms with Crippen LogP contribution in [0.4, 0.5) is 13.2 Å². The lowest BCUT2D eigenvalue weighted by atomic mass is 10.1. The Balaban J connectivity index is 2.35. The highest BCUT2D eigenvalue weighted by molar-refractivity contribution is 5.42. The molecule has 0 atom stereocenters. The Morgan fingerprint density at radius 1 is 1.19 bits per heavy atom. The summed E-state index contributed by atoms with van der Waals surface area (Å²) in [6, 6.07) is 7.22. The number of rotatable bonds is 4. The number of nitrogens with two attached hydrogens (primary N) is 1. The summed E-state index contributed by atoms with van der Waals surface area (Å²) in [7, 11) is 0. The fourth-order valence-corrected chi connectivity index (χ4v) is 1.85. The van der Waals surface area contributed by atoms with Gasteiger partial charge in [0.2, 0.25) is 0 Å². The summed E-state index contributed by atoms with van der Waals surface area (Å²) in [5.74, 6) is 0.0200. The summed E-state index contributed by atoms with van der Waals surface area (Å²) in [4.78, 5) is 3.99. The summed E-state index contributed by atoms with van der Waals surface area (Å²) in [6.45, 7) is 2.08. The number of pyridine rings is 1. The van der Waals surface area contributed by atoms with E-state index in [0.29, 0.717) is 18.5 Å². The number of nitrogens with zero attached hydrogens (tertiary/aromatic N) is 1. The van der Waals surface area contributed by atoms with Crippen LogP contribution < -0.4 is 10.5 Å². The molecule has 21 heavy (non-hydrogen) atoms. The predicted molar refractivity (Wildman–Crippen MR) is 73.3 cm³/mol. The van der Waals surface area contributed by atoms with E-state index in [1.165, 1.54) is 12.3 Å². The van der Waals surface area contributed by atoms with Gasteiger partial charge in [0.05, 0.1) is 11.8 Å². The second-order valence-corrected chi connectivity index (χ2v) is 4.60. The SMILES string of the molecule is Cc1ccc(Oc2ccc(CCN)cc2C(F)(F)F)cn1. The minimum atomic E-state index is -4.49. The van der Waals surface area contributed by atoms with Crippen LogP contribution in [-0.2, 0) is 12.6 Å². The van der Waals surface area contributed by atoms with Crippen LogP contribution in [0.1, 0.15) is 16.8 Å². The molecule has 3 nitrogen and oxygen atoms in total. The van der Waals surface area contributed by atoms with E-state index >= 15 is 0 Å². The van der Waals surface area contributed by atoms with Gasteiger partial charge in [-0.05, 0) is 49.7 Å². The summed E-state index contributed by atoms with van der Waals surface area (Å²) in [5, 5.41) is 0. The standard InChI is InChI=1S/C15H15F3N2O/c1-10-2-4-12(9-20-10)21-14-5-3-11(6-7-19)8-13(14)15(16,17)18/h2-5,8-9H,6-7,19H2,1H3. The Labute approximate surface area is 120 Å². The number of aromatic nitrogens is 1. The van der Waals surface area contributed by atoms with Gasteiger partial charge in [-0.2, -0.15) is 13.2 Å². The van der Waals surface area contributed by atoms with Crippen molar-refractivity contribution in [1.29, 1.82) is 0 Å². The van der Waals surface area contributed by atoms with E-state index in [2.05, 4.69) is 4.98 Å². The Hall–Kier alpha value is -2.08. The Kier molecular flexibility index (Phi) is 4.47. The lowest BCUT2D eigenvalue weighted by Gasteiger charge is -2.15. The number of hydrogen-bond acceptors (Lipinski definition) is 3. The molecule has 0 saturated carbocycles. The first-order chi connectivity index (χ1) is 9.90. The van der Waals surface area contributed by atoms with Crippen molar-refractivity contribution in [3.63, 3.8) is 0 Å². The van der Waals surface area contributed by atoms with E-state index in [1.807, 2.05) is 0 Å². The van der Waals surface area contributed by atoms with Crippen LogP contribution >= 0.6 is 0 Å². The molecule has 2 aromatic rings. The van der Waals surface area contributed by atoms with Crippen LogP contribution in [0.25, 0.3) is 0 Å². The maximum absolute atomic E-state index is 13.1. The molecule has 0 aliphatic rings. The van der Waals surface area contributed by atoms with Crippen molar-refractivity contribution < 1.29 is 17.9 Å². The third-order valence-electron chi connectivity index (χ3n) is 2.89. The topological polar surface area (TPSA) is 48.1 Å². The summed E-state index contributed by atoms with van der Waals surface area (Å²) in [5.41, 5.74) is 5.85. The van der Waals surface area contributed by atoms with Gasteiger partial charge in [-0.3, -0.25) is 4.98 Å². The number of hydrogen-bond donors (Lipinski definition) is 1. The fraction of sp³-hybridized carbons (Fsp3) is 0.267. The van der Waals surface area contributed by atoms with Gasteiger partial charge in [0, 0.05) is 5.69 Å². The predicted octanol–water partition coefficient (Wildman–Crippen LogP) is 3.70. The van der Waals surface area contributed by atoms with Gasteiger partial charge in [-0.1, -0.05) is 6.07 Å². The van der Waals surface area contributed by atoms with Crippen molar-refractivity contribution in [2.45, 2.75) is 19.5 Å². The molecule has 0 amide bonds. The molecule has 0 radical (unpaired) electrons. The number of halogens is 3. The van der Waals surface area contributed by atoms with Gasteiger partial charge in [-0.25, -0.2) is 0 Å². The summed E-state index contributed by atoms with van der Waals surface area (Å²) in [6.07, 6.45) is -2.71. The third kappa shape index (κ3) is 3.95. The zero-order valence-electron chi connectivity index (χ0n) is 11.4. The molecule has 0 aliphatic carbocycles. The number of aryl methyl sites for hydroxylation is 1. The van der Waals surface area contributed by atoms with Gasteiger partial charge in [0.25, 0.3) is 0 Å². The van der Waals surface area contributed by atoms with Crippen molar-refractivity contribution in [2.24, 2.45) is 5.73 Å². The Morgan fingerprint density at radius 3 is 2.52 bits per heavy atom. The average Bonchev–Trinajstić information content (AvgIpc) is 2.42. The fourth-order valence-electron chi connectivity index (χ4n) is 1.85. The van der Waals surface area contributed by atoms with E-state index < -0.39 is 11.7 Å². The molecule has 112 valence electrons. The van der Waals surface area contributed by atoms with Crippen LogP contribution in [0.5, 0.6) is 11.5 Å². The maximum Gasteiger partial charge on any atom is 0.419 e. The van der Waals surface area contributed by atoms with Crippen molar-refractivity contribution in [3.05, 3.63) is 53.3 Å². The van der Waals surface area contributed by atoms with Crippen molar-refractivity contribution >= 4 is 0 Å². The zero-order valence-corrected chi connectivity index (χ0v) is 11.4. The third-order valence-corrected chi connectivity index (χ3v) is 2.89. The zero-order chi connectivity index (χ0) is 15.5. The van der Waals surface area contributed by atoms with Crippen LogP contribution in [0, 0.1) is 6.92 Å². The molecule has 0 saturated heterocycles. The molecule has 1 aromatic carbocycles. The van der Waals surface area contributed by atoms with Gasteiger partial charge in [0.15, 0.2) is 0 Å². The minimum absolute atomic E-state index is 0.242. The molecule has 0 aliphatic heterocycles. The van der Waals surface area contributed by atoms with Crippen molar-refractivity contribution in [1.82, 2.24) is 4.98 Å². The molecule has 2 rings (SSSR count). The monoisotopic (exact) mass is 296 g/mol. The largest absolute Gasteiger partial charge is 0.455 e. The highest BCUT2D eigenvalue weighted by Gasteiger charge is 2.34. The van der Waals surface area contributed by atoms with Crippen molar-refractivity contribution in [3.8, 4) is 11.5 Å². The molecule has 0 bridgehead atoms. The number of benzene rings is 1. The first-order valence-corrected chi connectivity index (χ1v) is 6.41. The quantitative estimate of drug-likeness (QED) is 0.935. The van der Waals surface area contributed by atoms with Crippen LogP contribution in [0.3, 0.4) is 0 Å². The molecule has 1 aromatic heterocycles. The highest BCUT2D eigenvalue weighted by atomic mass is 19.4. The highest BCUT2D eigenvalue weighted by Crippen LogP contribution is 2.38. The second kappa shape index (κ2) is 6.13. The second-order valence-electron chi connectivity index (χ2n) is 4.60. The Morgan fingerprint density at radius 2 is 1.95 bits per heavy atom. The molecule has 1 heterocycles. The van der Waals surface area contributed by atoms with E-state index in [1.54, 1.807) is 25.1 Å². The molecular formula is C15H15F3N2O. The molecule has 0 spiro atoms. The lowest BCUT2D eigenvalue weighted by molar-refractivity contribution is -0.138. The van der Waals surface area contributed by atoms with Crippen LogP contribution in [0.2, 0.25) is 0 Å². The molecule has 0 fully saturated rings. The number of alkyl halides is 3. The molecular weight excluding hydrogens is 281 g/mol. The lowest BCUT2D eigenvalue weighted by Crippen LogP contribution is -2.09. The van der Waals surface area contributed by atoms with E-state index in [4.69, 9.17) is 10.5 Å². The normalized spacial score (nSPS) is 11.5. The van der Waals surface area contributed by atoms with Gasteiger partial charge in [-0.15, -0.1) is 0 Å². The Bertz CT molecular complexity index is 609. The first kappa shape index (κ1) is 15.3. The minimum Gasteiger partial charge on any atom is -0.455 e. The van der Waals surface area contributed by atoms with Gasteiger partial charge < -0.3 is 10.5 Å². The summed E-state index contributed by atoms with van der Waals surface area (Å²) >= 11 is 0. The first-order valence-electron chi connectivity index (χ1n) is 6.41. The summed E-state index contributed by atoms with van der Waals surface area (Å²) < 4.78 is 44.6. The number of ether oxygens (including phenoxy) is 1. The smallest absolute Gasteiger partial charge is 0.419 e. The van der Waals surface area contributed by atoms with Crippen molar-refractivity contribution in [2.75, 3.05) is 6.54 Å². The molecule has 0 unspecified atom stereocenters. The van der Waals surface area contributed by atoms with E-state index in [0.717, 1.165) is 11.8 Å². The van der Waals surface area contributed by atoms with E-state index in [-0.39, 0.29) is 11.5 Å². The van der Waals surface area contributed by atoms with E-state index in [9.17, 15) is 13.2 Å². The van der Waals surface area contributed by atoms with Crippen LogP contribution in [0.15, 0.2) is 36.5 Å². The molecule has 2 N–H and O–H groups in total. The maximum atomic E-state index is 13.1. The van der Waals surface area contributed by atoms with Crippen LogP contribution in [-0.4, -0.2) is 11.5 Å². The average molecular weight is 296 g/mol. The molecule has 6 heteroatoms. The van der Waals surface area contributed by atoms with Gasteiger partial charge >= 0.3 is 6.18 Å². The van der Waals surface area contributed by atoms with Gasteiger partial charge in [0.1, 0.15) is 11.5 Å².